The van der Waals surface area contributed by atoms with Crippen LogP contribution >= 0.6 is 11.8 Å². The van der Waals surface area contributed by atoms with Crippen molar-refractivity contribution in [1.29, 1.82) is 0 Å². The van der Waals surface area contributed by atoms with E-state index in [9.17, 15) is 14.3 Å². The number of nitrogens with zero attached hydrogens (tertiary/aromatic N) is 1. The molecule has 2 unspecified atom stereocenters. The Morgan fingerprint density at radius 2 is 1.88 bits per heavy atom. The Morgan fingerprint density at radius 1 is 1.20 bits per heavy atom. The van der Waals surface area contributed by atoms with Gasteiger partial charge >= 0.3 is 0 Å². The molecule has 0 aromatic heterocycles. The van der Waals surface area contributed by atoms with E-state index in [0.717, 1.165) is 16.8 Å². The number of amides is 1. The minimum absolute atomic E-state index is 0.306. The highest BCUT2D eigenvalue weighted by Crippen LogP contribution is 2.34. The summed E-state index contributed by atoms with van der Waals surface area (Å²) in [6.45, 7) is 0. The van der Waals surface area contributed by atoms with E-state index in [4.69, 9.17) is 5.73 Å². The van der Waals surface area contributed by atoms with Crippen molar-refractivity contribution in [2.45, 2.75) is 18.6 Å². The fourth-order valence-electron chi connectivity index (χ4n) is 2.90. The Bertz CT molecular complexity index is 765. The van der Waals surface area contributed by atoms with E-state index in [0.29, 0.717) is 12.3 Å². The second-order valence-corrected chi connectivity index (χ2v) is 6.71. The van der Waals surface area contributed by atoms with Gasteiger partial charge < -0.3 is 15.7 Å². The Labute approximate surface area is 150 Å². The van der Waals surface area contributed by atoms with E-state index in [1.54, 1.807) is 23.9 Å². The van der Waals surface area contributed by atoms with Gasteiger partial charge in [-0.2, -0.15) is 0 Å². The van der Waals surface area contributed by atoms with Gasteiger partial charge in [-0.05, 0) is 47.2 Å². The van der Waals surface area contributed by atoms with Gasteiger partial charge in [0.1, 0.15) is 5.82 Å². The molecule has 1 aliphatic heterocycles. The van der Waals surface area contributed by atoms with E-state index in [1.165, 1.54) is 12.1 Å². The van der Waals surface area contributed by atoms with E-state index >= 15 is 0 Å². The van der Waals surface area contributed by atoms with Crippen molar-refractivity contribution >= 4 is 23.4 Å². The van der Waals surface area contributed by atoms with Crippen molar-refractivity contribution in [3.63, 3.8) is 0 Å². The monoisotopic (exact) mass is 358 g/mol. The third kappa shape index (κ3) is 4.03. The standard InChI is InChI=1S/C19H19FN2O2S/c20-15-8-6-14(7-9-15)17-11-25-12-22(17)16(18(23)19(21)24)10-13-4-2-1-3-5-13/h1-9,11,16,18,23H,10,12H2,(H2,21,24). The number of hydrogen-bond donors (Lipinski definition) is 2. The molecule has 0 fully saturated rings. The zero-order valence-electron chi connectivity index (χ0n) is 13.5. The number of halogens is 1. The number of rotatable bonds is 6. The van der Waals surface area contributed by atoms with Gasteiger partial charge in [0.15, 0.2) is 6.10 Å². The number of benzene rings is 2. The molecule has 0 radical (unpaired) electrons. The molecule has 0 saturated carbocycles. The summed E-state index contributed by atoms with van der Waals surface area (Å²) in [6.07, 6.45) is -0.827. The number of carbonyl (C=O) groups is 1. The first kappa shape index (κ1) is 17.5. The van der Waals surface area contributed by atoms with Crippen LogP contribution in [0.15, 0.2) is 60.0 Å². The van der Waals surface area contributed by atoms with E-state index in [2.05, 4.69) is 0 Å². The highest BCUT2D eigenvalue weighted by Gasteiger charge is 2.33. The summed E-state index contributed by atoms with van der Waals surface area (Å²) in [4.78, 5) is 13.6. The zero-order valence-corrected chi connectivity index (χ0v) is 14.3. The summed E-state index contributed by atoms with van der Waals surface area (Å²) in [5.74, 6) is -0.468. The van der Waals surface area contributed by atoms with E-state index in [1.807, 2.05) is 40.6 Å². The molecule has 25 heavy (non-hydrogen) atoms. The molecule has 1 aliphatic rings. The SMILES string of the molecule is NC(=O)C(O)C(Cc1ccccc1)N1CSC=C1c1ccc(F)cc1. The number of thioether (sulfide) groups is 1. The number of nitrogens with two attached hydrogens (primary N) is 1. The first-order valence-corrected chi connectivity index (χ1v) is 8.97. The van der Waals surface area contributed by atoms with Crippen LogP contribution in [0, 0.1) is 5.82 Å². The van der Waals surface area contributed by atoms with E-state index < -0.39 is 18.1 Å². The average molecular weight is 358 g/mol. The Balaban J connectivity index is 1.90. The molecule has 2 aromatic rings. The van der Waals surface area contributed by atoms with Gasteiger partial charge in [0.25, 0.3) is 0 Å². The number of hydrogen-bond acceptors (Lipinski definition) is 4. The second kappa shape index (κ2) is 7.72. The topological polar surface area (TPSA) is 66.6 Å². The fourth-order valence-corrected chi connectivity index (χ4v) is 3.90. The molecule has 2 aromatic carbocycles. The minimum Gasteiger partial charge on any atom is -0.381 e. The van der Waals surface area contributed by atoms with Crippen LogP contribution in [0.25, 0.3) is 5.70 Å². The summed E-state index contributed by atoms with van der Waals surface area (Å²) in [5.41, 5.74) is 8.06. The van der Waals surface area contributed by atoms with Crippen LogP contribution < -0.4 is 5.73 Å². The van der Waals surface area contributed by atoms with Crippen LogP contribution in [0.3, 0.4) is 0 Å². The summed E-state index contributed by atoms with van der Waals surface area (Å²) < 4.78 is 13.2. The molecule has 3 rings (SSSR count). The fraction of sp³-hybridized carbons (Fsp3) is 0.211. The summed E-state index contributed by atoms with van der Waals surface area (Å²) in [7, 11) is 0. The van der Waals surface area contributed by atoms with E-state index in [-0.39, 0.29) is 5.82 Å². The second-order valence-electron chi connectivity index (χ2n) is 5.88. The predicted octanol–water partition coefficient (Wildman–Crippen LogP) is 2.59. The molecular weight excluding hydrogens is 339 g/mol. The van der Waals surface area contributed by atoms with Crippen molar-refractivity contribution in [2.75, 3.05) is 5.88 Å². The third-order valence-corrected chi connectivity index (χ3v) is 5.02. The van der Waals surface area contributed by atoms with Gasteiger partial charge in [-0.1, -0.05) is 30.3 Å². The summed E-state index contributed by atoms with van der Waals surface area (Å²) in [5, 5.41) is 12.4. The van der Waals surface area contributed by atoms with Gasteiger partial charge in [-0.3, -0.25) is 4.79 Å². The highest BCUT2D eigenvalue weighted by atomic mass is 32.2. The summed E-state index contributed by atoms with van der Waals surface area (Å²) in [6, 6.07) is 15.3. The van der Waals surface area contributed by atoms with Crippen LogP contribution in [-0.2, 0) is 11.2 Å². The lowest BCUT2D eigenvalue weighted by Gasteiger charge is -2.34. The Hall–Kier alpha value is -2.31. The van der Waals surface area contributed by atoms with Crippen LogP contribution in [0.5, 0.6) is 0 Å². The van der Waals surface area contributed by atoms with Crippen molar-refractivity contribution < 1.29 is 14.3 Å². The van der Waals surface area contributed by atoms with Crippen LogP contribution in [0.2, 0.25) is 0 Å². The minimum atomic E-state index is -1.30. The maximum Gasteiger partial charge on any atom is 0.248 e. The molecular formula is C19H19FN2O2S. The molecule has 0 spiro atoms. The van der Waals surface area contributed by atoms with Gasteiger partial charge in [-0.15, -0.1) is 11.8 Å². The lowest BCUT2D eigenvalue weighted by molar-refractivity contribution is -0.128. The molecule has 1 amide bonds. The molecule has 4 nitrogen and oxygen atoms in total. The molecule has 2 atom stereocenters. The number of carbonyl (C=O) groups excluding carboxylic acids is 1. The van der Waals surface area contributed by atoms with Crippen molar-refractivity contribution in [3.05, 3.63) is 76.9 Å². The van der Waals surface area contributed by atoms with Gasteiger partial charge in [-0.25, -0.2) is 4.39 Å². The van der Waals surface area contributed by atoms with Gasteiger partial charge in [0.2, 0.25) is 5.91 Å². The largest absolute Gasteiger partial charge is 0.381 e. The smallest absolute Gasteiger partial charge is 0.248 e. The Kier molecular flexibility index (Phi) is 5.40. The lowest BCUT2D eigenvalue weighted by atomic mass is 9.98. The molecule has 3 N–H and O–H groups in total. The van der Waals surface area contributed by atoms with Crippen LogP contribution in [0.1, 0.15) is 11.1 Å². The van der Waals surface area contributed by atoms with Crippen LogP contribution in [0.4, 0.5) is 4.39 Å². The van der Waals surface area contributed by atoms with Crippen molar-refractivity contribution in [3.8, 4) is 0 Å². The molecule has 6 heteroatoms. The average Bonchev–Trinajstić information content (AvgIpc) is 3.10. The number of primary amides is 1. The van der Waals surface area contributed by atoms with Gasteiger partial charge in [0, 0.05) is 0 Å². The van der Waals surface area contributed by atoms with Crippen LogP contribution in [-0.4, -0.2) is 33.9 Å². The highest BCUT2D eigenvalue weighted by molar-refractivity contribution is 8.02. The first-order valence-electron chi connectivity index (χ1n) is 7.92. The summed E-state index contributed by atoms with van der Waals surface area (Å²) >= 11 is 1.56. The molecule has 130 valence electrons. The first-order chi connectivity index (χ1) is 12.1. The van der Waals surface area contributed by atoms with Crippen molar-refractivity contribution in [2.24, 2.45) is 5.73 Å². The number of aliphatic hydroxyl groups is 1. The lowest BCUT2D eigenvalue weighted by Crippen LogP contribution is -2.49. The maximum absolute atomic E-state index is 13.2. The maximum atomic E-state index is 13.2. The molecule has 0 bridgehead atoms. The molecule has 0 saturated heterocycles. The quantitative estimate of drug-likeness (QED) is 0.833. The van der Waals surface area contributed by atoms with Gasteiger partial charge in [0.05, 0.1) is 17.6 Å². The third-order valence-electron chi connectivity index (χ3n) is 4.20. The number of aliphatic hydroxyl groups excluding tert-OH is 1. The Morgan fingerprint density at radius 3 is 2.52 bits per heavy atom. The van der Waals surface area contributed by atoms with Crippen molar-refractivity contribution in [1.82, 2.24) is 4.90 Å². The molecule has 0 aliphatic carbocycles. The normalized spacial score (nSPS) is 16.4. The molecule has 1 heterocycles. The predicted molar refractivity (Wildman–Crippen MR) is 97.8 cm³/mol. The zero-order chi connectivity index (χ0) is 17.8.